The fourth-order valence-corrected chi connectivity index (χ4v) is 4.04. The van der Waals surface area contributed by atoms with Crippen LogP contribution in [0.25, 0.3) is 16.0 Å². The minimum absolute atomic E-state index is 0.0147. The Balaban J connectivity index is 1.53. The van der Waals surface area contributed by atoms with Gasteiger partial charge in [-0.05, 0) is 44.9 Å². The number of hydrogen-bond donors (Lipinski definition) is 2. The van der Waals surface area contributed by atoms with E-state index in [1.165, 1.54) is 0 Å². The number of alkyl carbamates (subject to hydrolysis) is 1. The van der Waals surface area contributed by atoms with Crippen molar-refractivity contribution in [3.05, 3.63) is 71.3 Å². The maximum atomic E-state index is 11.9. The molecule has 1 aliphatic heterocycles. The Morgan fingerprint density at radius 1 is 1.15 bits per heavy atom. The van der Waals surface area contributed by atoms with Crippen LogP contribution in [0.4, 0.5) is 16.3 Å². The van der Waals surface area contributed by atoms with E-state index in [0.717, 1.165) is 30.0 Å². The summed E-state index contributed by atoms with van der Waals surface area (Å²) < 4.78 is 16.9. The Labute approximate surface area is 228 Å². The van der Waals surface area contributed by atoms with E-state index in [9.17, 15) is 9.90 Å². The van der Waals surface area contributed by atoms with E-state index >= 15 is 0 Å². The molecule has 0 saturated carbocycles. The fourth-order valence-electron chi connectivity index (χ4n) is 4.04. The molecule has 0 aliphatic carbocycles. The number of morpholine rings is 1. The first kappa shape index (κ1) is 27.8. The molecule has 39 heavy (non-hydrogen) atoms. The lowest BCUT2D eigenvalue weighted by atomic mass is 10.0. The summed E-state index contributed by atoms with van der Waals surface area (Å²) in [5, 5.41) is 13.1. The molecule has 1 amide bonds. The molecular weight excluding hydrogens is 498 g/mol. The second kappa shape index (κ2) is 12.1. The predicted octanol–water partition coefficient (Wildman–Crippen LogP) is 5.19. The minimum atomic E-state index is -0.908. The summed E-state index contributed by atoms with van der Waals surface area (Å²) >= 11 is 0. The summed E-state index contributed by atoms with van der Waals surface area (Å²) in [5.41, 5.74) is 2.05. The van der Waals surface area contributed by atoms with Gasteiger partial charge in [-0.15, -0.1) is 0 Å². The lowest BCUT2D eigenvalue weighted by Crippen LogP contribution is -2.36. The smallest absolute Gasteiger partial charge is 0.407 e. The Morgan fingerprint density at radius 3 is 2.54 bits per heavy atom. The molecule has 1 unspecified atom stereocenters. The maximum absolute atomic E-state index is 11.9. The standard InChI is InChI=1S/C29H33N5O5/c1-19-32-26(34-12-14-37-15-13-34)17-27(33-19)38-25-16-22(30-5)10-11-23(25)20-6-8-21(9-7-20)24(35)18-31-28(36)39-29(2,3)4/h6-11,16-17,24,35H,12-15,18H2,1-4H3,(H,31,36). The molecule has 4 rings (SSSR count). The molecule has 10 nitrogen and oxygen atoms in total. The van der Waals surface area contributed by atoms with E-state index < -0.39 is 17.8 Å². The molecular formula is C29H33N5O5. The van der Waals surface area contributed by atoms with Crippen molar-refractivity contribution < 1.29 is 24.1 Å². The van der Waals surface area contributed by atoms with Gasteiger partial charge in [0.1, 0.15) is 23.0 Å². The van der Waals surface area contributed by atoms with Crippen LogP contribution in [-0.4, -0.2) is 59.6 Å². The fraction of sp³-hybridized carbons (Fsp3) is 0.379. The van der Waals surface area contributed by atoms with Gasteiger partial charge < -0.3 is 29.5 Å². The average molecular weight is 532 g/mol. The van der Waals surface area contributed by atoms with Gasteiger partial charge in [-0.25, -0.2) is 14.6 Å². The molecule has 0 spiro atoms. The number of ether oxygens (including phenoxy) is 3. The minimum Gasteiger partial charge on any atom is -0.444 e. The zero-order chi connectivity index (χ0) is 28.0. The molecule has 1 fully saturated rings. The number of amides is 1. The molecule has 2 N–H and O–H groups in total. The highest BCUT2D eigenvalue weighted by molar-refractivity contribution is 5.74. The summed E-state index contributed by atoms with van der Waals surface area (Å²) in [5.74, 6) is 2.21. The van der Waals surface area contributed by atoms with Crippen molar-refractivity contribution in [2.45, 2.75) is 39.4 Å². The van der Waals surface area contributed by atoms with Gasteiger partial charge in [-0.1, -0.05) is 36.4 Å². The number of rotatable bonds is 7. The van der Waals surface area contributed by atoms with Crippen LogP contribution in [0.3, 0.4) is 0 Å². The van der Waals surface area contributed by atoms with Crippen LogP contribution in [0.2, 0.25) is 0 Å². The highest BCUT2D eigenvalue weighted by Gasteiger charge is 2.19. The first-order valence-electron chi connectivity index (χ1n) is 12.7. The molecule has 0 bridgehead atoms. The third-order valence-corrected chi connectivity index (χ3v) is 5.89. The summed E-state index contributed by atoms with van der Waals surface area (Å²) in [6, 6.07) is 14.3. The number of aryl methyl sites for hydroxylation is 1. The molecule has 204 valence electrons. The quantitative estimate of drug-likeness (QED) is 0.401. The molecule has 1 saturated heterocycles. The van der Waals surface area contributed by atoms with E-state index in [0.29, 0.717) is 41.9 Å². The van der Waals surface area contributed by atoms with E-state index in [1.54, 1.807) is 51.1 Å². The number of nitrogens with zero attached hydrogens (tertiary/aromatic N) is 4. The number of carbonyl (C=O) groups excluding carboxylic acids is 1. The van der Waals surface area contributed by atoms with Crippen LogP contribution in [0.5, 0.6) is 11.6 Å². The van der Waals surface area contributed by atoms with Gasteiger partial charge in [0.15, 0.2) is 5.69 Å². The number of benzene rings is 2. The largest absolute Gasteiger partial charge is 0.444 e. The highest BCUT2D eigenvalue weighted by Crippen LogP contribution is 2.37. The number of aliphatic hydroxyl groups is 1. The van der Waals surface area contributed by atoms with Crippen molar-refractivity contribution in [3.63, 3.8) is 0 Å². The molecule has 2 heterocycles. The molecule has 10 heteroatoms. The van der Waals surface area contributed by atoms with Crippen molar-refractivity contribution in [1.29, 1.82) is 0 Å². The van der Waals surface area contributed by atoms with Crippen molar-refractivity contribution in [2.75, 3.05) is 37.7 Å². The van der Waals surface area contributed by atoms with Crippen molar-refractivity contribution >= 4 is 17.6 Å². The topological polar surface area (TPSA) is 110 Å². The van der Waals surface area contributed by atoms with Crippen molar-refractivity contribution in [2.24, 2.45) is 0 Å². The number of aliphatic hydroxyl groups excluding tert-OH is 1. The summed E-state index contributed by atoms with van der Waals surface area (Å²) in [6.07, 6.45) is -1.49. The van der Waals surface area contributed by atoms with Gasteiger partial charge >= 0.3 is 6.09 Å². The molecule has 3 aromatic rings. The number of carbonyl (C=O) groups is 1. The average Bonchev–Trinajstić information content (AvgIpc) is 2.91. The summed E-state index contributed by atoms with van der Waals surface area (Å²) in [4.78, 5) is 26.6. The molecule has 2 aromatic carbocycles. The van der Waals surface area contributed by atoms with Crippen LogP contribution >= 0.6 is 0 Å². The van der Waals surface area contributed by atoms with Gasteiger partial charge in [0, 0.05) is 24.7 Å². The SMILES string of the molecule is [C-]#[N+]c1ccc(-c2ccc(C(O)CNC(=O)OC(C)(C)C)cc2)c(Oc2cc(N3CCOCC3)nc(C)n2)c1. The molecule has 1 aromatic heterocycles. The summed E-state index contributed by atoms with van der Waals surface area (Å²) in [6.45, 7) is 17.4. The van der Waals surface area contributed by atoms with Gasteiger partial charge in [-0.3, -0.25) is 0 Å². The first-order valence-corrected chi connectivity index (χ1v) is 12.7. The van der Waals surface area contributed by atoms with Gasteiger partial charge in [0.05, 0.1) is 32.4 Å². The number of hydrogen-bond acceptors (Lipinski definition) is 8. The van der Waals surface area contributed by atoms with Crippen molar-refractivity contribution in [3.8, 4) is 22.8 Å². The molecule has 0 radical (unpaired) electrons. The van der Waals surface area contributed by atoms with Crippen LogP contribution in [-0.2, 0) is 9.47 Å². The number of nitrogens with one attached hydrogen (secondary N) is 1. The Morgan fingerprint density at radius 2 is 1.87 bits per heavy atom. The first-order chi connectivity index (χ1) is 18.6. The monoisotopic (exact) mass is 531 g/mol. The van der Waals surface area contributed by atoms with Gasteiger partial charge in [-0.2, -0.15) is 4.98 Å². The van der Waals surface area contributed by atoms with Gasteiger partial charge in [0.25, 0.3) is 0 Å². The van der Waals surface area contributed by atoms with E-state index in [4.69, 9.17) is 20.8 Å². The van der Waals surface area contributed by atoms with Crippen LogP contribution in [0.1, 0.15) is 38.3 Å². The zero-order valence-electron chi connectivity index (χ0n) is 22.6. The third kappa shape index (κ3) is 7.66. The number of anilines is 1. The highest BCUT2D eigenvalue weighted by atomic mass is 16.6. The molecule has 1 aliphatic rings. The van der Waals surface area contributed by atoms with E-state index in [-0.39, 0.29) is 6.54 Å². The van der Waals surface area contributed by atoms with Gasteiger partial charge in [0.2, 0.25) is 5.88 Å². The third-order valence-electron chi connectivity index (χ3n) is 5.89. The second-order valence-corrected chi connectivity index (χ2v) is 10.1. The van der Waals surface area contributed by atoms with Crippen LogP contribution in [0.15, 0.2) is 48.5 Å². The predicted molar refractivity (Wildman–Crippen MR) is 147 cm³/mol. The molecule has 1 atom stereocenters. The van der Waals surface area contributed by atoms with Crippen LogP contribution < -0.4 is 15.0 Å². The van der Waals surface area contributed by atoms with Crippen LogP contribution in [0, 0.1) is 13.5 Å². The van der Waals surface area contributed by atoms with E-state index in [2.05, 4.69) is 25.0 Å². The van der Waals surface area contributed by atoms with Crippen molar-refractivity contribution in [1.82, 2.24) is 15.3 Å². The van der Waals surface area contributed by atoms with E-state index in [1.807, 2.05) is 25.1 Å². The summed E-state index contributed by atoms with van der Waals surface area (Å²) in [7, 11) is 0. The second-order valence-electron chi connectivity index (χ2n) is 10.1. The Hall–Kier alpha value is -4.20. The maximum Gasteiger partial charge on any atom is 0.407 e. The number of aromatic nitrogens is 2. The zero-order valence-corrected chi connectivity index (χ0v) is 22.6. The lowest BCUT2D eigenvalue weighted by Gasteiger charge is -2.28. The normalized spacial score (nSPS) is 14.3. The Bertz CT molecular complexity index is 1340. The lowest BCUT2D eigenvalue weighted by molar-refractivity contribution is 0.0491. The Kier molecular flexibility index (Phi) is 8.64.